The molecule has 0 aliphatic heterocycles. The molecule has 166 valence electrons. The molecule has 0 saturated heterocycles. The quantitative estimate of drug-likeness (QED) is 0.498. The first-order valence-corrected chi connectivity index (χ1v) is 11.8. The first-order valence-electron chi connectivity index (χ1n) is 10.7. The van der Waals surface area contributed by atoms with Crippen molar-refractivity contribution in [3.63, 3.8) is 0 Å². The second-order valence-corrected chi connectivity index (χ2v) is 9.24. The minimum Gasteiger partial charge on any atom is -0.352 e. The van der Waals surface area contributed by atoms with Crippen molar-refractivity contribution in [2.75, 3.05) is 0 Å². The van der Waals surface area contributed by atoms with Crippen LogP contribution in [0.3, 0.4) is 0 Å². The van der Waals surface area contributed by atoms with E-state index in [0.29, 0.717) is 21.5 Å². The third kappa shape index (κ3) is 6.61. The van der Waals surface area contributed by atoms with Gasteiger partial charge in [0.2, 0.25) is 11.8 Å². The molecule has 1 N–H and O–H groups in total. The van der Waals surface area contributed by atoms with Crippen LogP contribution in [0.5, 0.6) is 0 Å². The predicted molar refractivity (Wildman–Crippen MR) is 127 cm³/mol. The van der Waals surface area contributed by atoms with Crippen LogP contribution in [-0.4, -0.2) is 28.8 Å². The normalized spacial score (nSPS) is 15.0. The highest BCUT2D eigenvalue weighted by Gasteiger charge is 2.30. The maximum absolute atomic E-state index is 13.4. The van der Waals surface area contributed by atoms with E-state index in [0.717, 1.165) is 36.8 Å². The summed E-state index contributed by atoms with van der Waals surface area (Å²) in [7, 11) is 0. The van der Waals surface area contributed by atoms with E-state index in [4.69, 9.17) is 34.8 Å². The summed E-state index contributed by atoms with van der Waals surface area (Å²) in [5.41, 5.74) is 1.63. The lowest BCUT2D eigenvalue weighted by Crippen LogP contribution is -2.51. The first-order chi connectivity index (χ1) is 14.9. The Morgan fingerprint density at radius 1 is 1.03 bits per heavy atom. The van der Waals surface area contributed by atoms with E-state index >= 15 is 0 Å². The van der Waals surface area contributed by atoms with Gasteiger partial charge in [0.05, 0.1) is 16.5 Å². The van der Waals surface area contributed by atoms with Crippen LogP contribution >= 0.6 is 34.8 Å². The Labute approximate surface area is 198 Å². The summed E-state index contributed by atoms with van der Waals surface area (Å²) < 4.78 is 0. The molecule has 1 saturated carbocycles. The molecule has 0 unspecified atom stereocenters. The van der Waals surface area contributed by atoms with Crippen LogP contribution in [-0.2, 0) is 22.6 Å². The van der Waals surface area contributed by atoms with Gasteiger partial charge in [0, 0.05) is 17.6 Å². The van der Waals surface area contributed by atoms with Crippen molar-refractivity contribution < 1.29 is 9.59 Å². The largest absolute Gasteiger partial charge is 0.352 e. The molecule has 0 heterocycles. The monoisotopic (exact) mass is 480 g/mol. The number of rotatable bonds is 8. The number of nitrogens with one attached hydrogen (secondary N) is 1. The number of amides is 2. The molecular formula is C24H27Cl3N2O2. The maximum Gasteiger partial charge on any atom is 0.243 e. The van der Waals surface area contributed by atoms with Crippen molar-refractivity contribution in [2.24, 2.45) is 0 Å². The fraction of sp³-hybridized carbons (Fsp3) is 0.417. The predicted octanol–water partition coefficient (Wildman–Crippen LogP) is 6.06. The summed E-state index contributed by atoms with van der Waals surface area (Å²) in [5.74, 6) is -0.240. The molecule has 2 aromatic carbocycles. The first kappa shape index (κ1) is 23.9. The van der Waals surface area contributed by atoms with Crippen LogP contribution in [0.25, 0.3) is 0 Å². The third-order valence-electron chi connectivity index (χ3n) is 5.67. The Hall–Kier alpha value is -1.75. The summed E-state index contributed by atoms with van der Waals surface area (Å²) in [5, 5.41) is 4.59. The van der Waals surface area contributed by atoms with Gasteiger partial charge < -0.3 is 10.2 Å². The van der Waals surface area contributed by atoms with Crippen LogP contribution in [0.2, 0.25) is 15.1 Å². The summed E-state index contributed by atoms with van der Waals surface area (Å²) in [6, 6.07) is 12.1. The molecule has 31 heavy (non-hydrogen) atoms. The minimum atomic E-state index is -0.568. The van der Waals surface area contributed by atoms with Gasteiger partial charge in [0.25, 0.3) is 0 Å². The van der Waals surface area contributed by atoms with Gasteiger partial charge in [-0.3, -0.25) is 9.59 Å². The van der Waals surface area contributed by atoms with Gasteiger partial charge in [0.1, 0.15) is 6.04 Å². The Kier molecular flexibility index (Phi) is 8.65. The zero-order chi connectivity index (χ0) is 22.4. The van der Waals surface area contributed by atoms with Crippen molar-refractivity contribution in [3.8, 4) is 0 Å². The summed E-state index contributed by atoms with van der Waals surface area (Å²) in [6.45, 7) is 2.19. The van der Waals surface area contributed by atoms with Crippen LogP contribution in [0, 0.1) is 0 Å². The highest BCUT2D eigenvalue weighted by molar-refractivity contribution is 6.42. The molecule has 7 heteroatoms. The zero-order valence-corrected chi connectivity index (χ0v) is 19.8. The molecule has 4 nitrogen and oxygen atoms in total. The number of hydrogen-bond acceptors (Lipinski definition) is 2. The summed E-state index contributed by atoms with van der Waals surface area (Å²) >= 11 is 18.3. The van der Waals surface area contributed by atoms with Crippen molar-refractivity contribution in [1.29, 1.82) is 0 Å². The van der Waals surface area contributed by atoms with Crippen LogP contribution in [0.15, 0.2) is 42.5 Å². The standard InChI is InChI=1S/C24H27Cl3N2O2/c1-2-22(24(31)28-19-8-3-4-9-19)29(15-17-10-11-20(26)21(27)13-17)23(30)14-16-6-5-7-18(25)12-16/h5-7,10-13,19,22H,2-4,8-9,14-15H2,1H3,(H,28,31)/t22-/m0/s1. The molecule has 0 bridgehead atoms. The van der Waals surface area contributed by atoms with E-state index in [9.17, 15) is 9.59 Å². The van der Waals surface area contributed by atoms with E-state index in [-0.39, 0.29) is 30.8 Å². The zero-order valence-electron chi connectivity index (χ0n) is 17.5. The molecule has 1 aliphatic rings. The average Bonchev–Trinajstić information content (AvgIpc) is 3.23. The number of carbonyl (C=O) groups excluding carboxylic acids is 2. The van der Waals surface area contributed by atoms with Crippen LogP contribution in [0.4, 0.5) is 0 Å². The second kappa shape index (κ2) is 11.2. The van der Waals surface area contributed by atoms with Gasteiger partial charge in [-0.2, -0.15) is 0 Å². The lowest BCUT2D eigenvalue weighted by Gasteiger charge is -2.31. The Bertz CT molecular complexity index is 929. The van der Waals surface area contributed by atoms with Crippen molar-refractivity contribution in [3.05, 3.63) is 68.7 Å². The van der Waals surface area contributed by atoms with Gasteiger partial charge in [0.15, 0.2) is 0 Å². The van der Waals surface area contributed by atoms with Crippen molar-refractivity contribution >= 4 is 46.6 Å². The van der Waals surface area contributed by atoms with Crippen LogP contribution in [0.1, 0.15) is 50.2 Å². The minimum absolute atomic E-state index is 0.103. The molecule has 2 aromatic rings. The highest BCUT2D eigenvalue weighted by Crippen LogP contribution is 2.25. The van der Waals surface area contributed by atoms with Crippen molar-refractivity contribution in [2.45, 2.75) is 64.1 Å². The summed E-state index contributed by atoms with van der Waals surface area (Å²) in [6.07, 6.45) is 4.91. The Balaban J connectivity index is 1.84. The number of carbonyl (C=O) groups is 2. The lowest BCUT2D eigenvalue weighted by atomic mass is 10.1. The second-order valence-electron chi connectivity index (χ2n) is 7.99. The molecule has 1 fully saturated rings. The molecule has 0 radical (unpaired) electrons. The van der Waals surface area contributed by atoms with E-state index < -0.39 is 6.04 Å². The number of nitrogens with zero attached hydrogens (tertiary/aromatic N) is 1. The Morgan fingerprint density at radius 2 is 1.77 bits per heavy atom. The van der Waals surface area contributed by atoms with E-state index in [1.807, 2.05) is 25.1 Å². The van der Waals surface area contributed by atoms with E-state index in [1.165, 1.54) is 0 Å². The lowest BCUT2D eigenvalue weighted by molar-refractivity contribution is -0.141. The molecule has 0 aromatic heterocycles. The topological polar surface area (TPSA) is 49.4 Å². The number of halogens is 3. The van der Waals surface area contributed by atoms with E-state index in [2.05, 4.69) is 5.32 Å². The molecule has 3 rings (SSSR count). The van der Waals surface area contributed by atoms with Gasteiger partial charge in [-0.25, -0.2) is 0 Å². The van der Waals surface area contributed by atoms with Gasteiger partial charge in [-0.05, 0) is 54.7 Å². The smallest absolute Gasteiger partial charge is 0.243 e. The fourth-order valence-electron chi connectivity index (χ4n) is 4.04. The Morgan fingerprint density at radius 3 is 2.42 bits per heavy atom. The molecule has 1 aliphatic carbocycles. The summed E-state index contributed by atoms with van der Waals surface area (Å²) in [4.78, 5) is 28.1. The van der Waals surface area contributed by atoms with Crippen LogP contribution < -0.4 is 5.32 Å². The fourth-order valence-corrected chi connectivity index (χ4v) is 4.58. The molecule has 1 atom stereocenters. The van der Waals surface area contributed by atoms with Crippen molar-refractivity contribution in [1.82, 2.24) is 10.2 Å². The highest BCUT2D eigenvalue weighted by atomic mass is 35.5. The SMILES string of the molecule is CC[C@@H](C(=O)NC1CCCC1)N(Cc1ccc(Cl)c(Cl)c1)C(=O)Cc1cccc(Cl)c1. The maximum atomic E-state index is 13.4. The third-order valence-corrected chi connectivity index (χ3v) is 6.64. The molecular weight excluding hydrogens is 455 g/mol. The molecule has 2 amide bonds. The molecule has 0 spiro atoms. The number of hydrogen-bond donors (Lipinski definition) is 1. The van der Waals surface area contributed by atoms with E-state index in [1.54, 1.807) is 29.2 Å². The van der Waals surface area contributed by atoms with Gasteiger partial charge in [-0.1, -0.05) is 72.8 Å². The van der Waals surface area contributed by atoms with Gasteiger partial charge in [-0.15, -0.1) is 0 Å². The van der Waals surface area contributed by atoms with Gasteiger partial charge >= 0.3 is 0 Å². The number of benzene rings is 2. The average molecular weight is 482 g/mol.